The highest BCUT2D eigenvalue weighted by molar-refractivity contribution is 7.33. The van der Waals surface area contributed by atoms with Crippen molar-refractivity contribution in [3.8, 4) is 22.3 Å². The minimum atomic E-state index is -0.123. The number of hydrogen-bond acceptors (Lipinski definition) is 4. The maximum absolute atomic E-state index is 2.71. The summed E-state index contributed by atoms with van der Waals surface area (Å²) in [5.74, 6) is 0. The van der Waals surface area contributed by atoms with Crippen molar-refractivity contribution in [3.63, 3.8) is 0 Å². The molecule has 9 aromatic carbocycles. The number of fused-ring (bicyclic) bond motifs is 11. The summed E-state index contributed by atoms with van der Waals surface area (Å²) in [6.45, 7) is 31.4. The van der Waals surface area contributed by atoms with E-state index in [9.17, 15) is 0 Å². The molecule has 0 radical (unpaired) electrons. The number of thiophene rings is 1. The number of nitrogens with zero attached hydrogens (tertiary/aromatic N) is 3. The zero-order valence-electron chi connectivity index (χ0n) is 51.6. The Bertz CT molecular complexity index is 4360. The first-order chi connectivity index (χ1) is 40.0. The van der Waals surface area contributed by atoms with Gasteiger partial charge in [-0.05, 0) is 198 Å². The zero-order chi connectivity index (χ0) is 58.2. The Hall–Kier alpha value is -7.60. The van der Waals surface area contributed by atoms with E-state index in [2.05, 4.69) is 293 Å². The molecule has 0 atom stereocenters. The fourth-order valence-corrected chi connectivity index (χ4v) is 17.1. The van der Waals surface area contributed by atoms with Crippen LogP contribution in [0.25, 0.3) is 32.3 Å². The molecule has 15 rings (SSSR count). The summed E-state index contributed by atoms with van der Waals surface area (Å²) < 4.78 is 2.75. The van der Waals surface area contributed by atoms with Gasteiger partial charge in [0.15, 0.2) is 0 Å². The van der Waals surface area contributed by atoms with Crippen LogP contribution in [0.5, 0.6) is 0 Å². The maximum Gasteiger partial charge on any atom is 0.264 e. The normalized spacial score (nSPS) is 17.8. The van der Waals surface area contributed by atoms with Crippen LogP contribution in [0.3, 0.4) is 0 Å². The fraction of sp³-hybridized carbons (Fsp3) is 0.291. The summed E-state index contributed by atoms with van der Waals surface area (Å²) in [4.78, 5) is 7.89. The second-order valence-corrected chi connectivity index (χ2v) is 30.5. The van der Waals surface area contributed by atoms with Crippen molar-refractivity contribution in [3.05, 3.63) is 227 Å². The van der Waals surface area contributed by atoms with E-state index in [0.717, 1.165) is 29.9 Å². The lowest BCUT2D eigenvalue weighted by atomic mass is 9.36. The van der Waals surface area contributed by atoms with Crippen LogP contribution in [-0.2, 0) is 32.5 Å². The molecule has 5 heteroatoms. The van der Waals surface area contributed by atoms with Gasteiger partial charge in [0.25, 0.3) is 6.71 Å². The van der Waals surface area contributed by atoms with Crippen molar-refractivity contribution in [2.75, 3.05) is 14.7 Å². The fourth-order valence-electron chi connectivity index (χ4n) is 15.8. The van der Waals surface area contributed by atoms with Gasteiger partial charge in [-0.3, -0.25) is 0 Å². The SMILES string of the molecule is CC(C)(C)c1ccc(N(c2ccc3c(c2)N(c2ccc4c(c2)C(C)(C)CCC4(C)C)c2cccc4c2B3c2sc3cc5c(cc3c2N4c2ccc3c(c2)C(C)(C)CCC3(C)C)-c2ccccc2C5(C)C)c2ccccc2-c2ccccc2)cc1. The Labute approximate surface area is 504 Å². The average molecular weight is 1110 g/mol. The van der Waals surface area contributed by atoms with Gasteiger partial charge in [0, 0.05) is 65.7 Å². The van der Waals surface area contributed by atoms with Gasteiger partial charge in [-0.2, -0.15) is 0 Å². The molecular formula is C79H78BN3S. The summed E-state index contributed by atoms with van der Waals surface area (Å²) in [6, 6.07) is 73.4. The smallest absolute Gasteiger partial charge is 0.264 e. The summed E-state index contributed by atoms with van der Waals surface area (Å²) in [5, 5.41) is 1.33. The Morgan fingerprint density at radius 1 is 0.440 bits per heavy atom. The lowest BCUT2D eigenvalue weighted by Crippen LogP contribution is -2.60. The lowest BCUT2D eigenvalue weighted by molar-refractivity contribution is 0.332. The molecule has 0 unspecified atom stereocenters. The van der Waals surface area contributed by atoms with Crippen LogP contribution in [0, 0.1) is 0 Å². The Morgan fingerprint density at radius 2 is 1.00 bits per heavy atom. The third-order valence-corrected chi connectivity index (χ3v) is 22.1. The monoisotopic (exact) mass is 1110 g/mol. The van der Waals surface area contributed by atoms with E-state index in [1.165, 1.54) is 134 Å². The van der Waals surface area contributed by atoms with Gasteiger partial charge in [0.1, 0.15) is 0 Å². The van der Waals surface area contributed by atoms with E-state index in [0.29, 0.717) is 0 Å². The van der Waals surface area contributed by atoms with Gasteiger partial charge in [-0.25, -0.2) is 0 Å². The summed E-state index contributed by atoms with van der Waals surface area (Å²) in [7, 11) is 0. The van der Waals surface area contributed by atoms with Gasteiger partial charge in [-0.15, -0.1) is 11.3 Å². The standard InChI is InChI=1S/C79H78BN3S/c1-74(2,3)50-30-32-51(33-31-50)81(66-27-20-18-24-55(66)49-22-15-14-16-23-49)54-36-39-65-69(46-54)82(52-34-37-60-63(44-52)77(8,9)42-40-75(60,4)5)67-28-21-29-68-71(67)80(65)73-72(83(68)53-35-38-61-64(45-53)78(10,11)43-41-76(61,6)7)58-47-57-56-25-17-19-26-59(56)79(12,13)62(57)48-70(58)84-73/h14-39,44-48H,40-43H2,1-13H3. The predicted molar refractivity (Wildman–Crippen MR) is 363 cm³/mol. The topological polar surface area (TPSA) is 9.72 Å². The molecule has 5 aliphatic rings. The minimum absolute atomic E-state index is 0.0117. The predicted octanol–water partition coefficient (Wildman–Crippen LogP) is 20.4. The average Bonchev–Trinajstić information content (AvgIpc) is 1.34. The van der Waals surface area contributed by atoms with Gasteiger partial charge < -0.3 is 14.7 Å². The molecule has 0 amide bonds. The largest absolute Gasteiger partial charge is 0.311 e. The van der Waals surface area contributed by atoms with Crippen LogP contribution >= 0.6 is 11.3 Å². The van der Waals surface area contributed by atoms with Crippen LogP contribution < -0.4 is 30.4 Å². The summed E-state index contributed by atoms with van der Waals surface area (Å²) in [6.07, 6.45) is 4.66. The molecule has 1 aromatic heterocycles. The number of anilines is 9. The van der Waals surface area contributed by atoms with Gasteiger partial charge in [-0.1, -0.05) is 199 Å². The molecule has 84 heavy (non-hydrogen) atoms. The number of benzene rings is 9. The third kappa shape index (κ3) is 7.89. The van der Waals surface area contributed by atoms with Crippen molar-refractivity contribution in [2.24, 2.45) is 0 Å². The molecule has 0 spiro atoms. The van der Waals surface area contributed by atoms with Crippen molar-refractivity contribution in [2.45, 2.75) is 148 Å². The zero-order valence-corrected chi connectivity index (χ0v) is 52.4. The molecule has 0 saturated carbocycles. The number of hydrogen-bond donors (Lipinski definition) is 0. The first-order valence-corrected chi connectivity index (χ1v) is 31.8. The van der Waals surface area contributed by atoms with Gasteiger partial charge in [0.05, 0.1) is 11.4 Å². The van der Waals surface area contributed by atoms with Crippen molar-refractivity contribution < 1.29 is 0 Å². The second-order valence-electron chi connectivity index (χ2n) is 29.4. The first kappa shape index (κ1) is 53.2. The van der Waals surface area contributed by atoms with E-state index in [4.69, 9.17) is 0 Å². The summed E-state index contributed by atoms with van der Waals surface area (Å²) in [5.41, 5.74) is 28.8. The Morgan fingerprint density at radius 3 is 1.64 bits per heavy atom. The van der Waals surface area contributed by atoms with E-state index in [-0.39, 0.29) is 39.2 Å². The van der Waals surface area contributed by atoms with Crippen LogP contribution in [0.15, 0.2) is 188 Å². The Balaban J connectivity index is 1.03. The molecule has 10 aromatic rings. The Kier molecular flexibility index (Phi) is 11.5. The maximum atomic E-state index is 2.71. The third-order valence-electron chi connectivity index (χ3n) is 20.9. The molecule has 0 saturated heterocycles. The van der Waals surface area contributed by atoms with Crippen molar-refractivity contribution in [1.82, 2.24) is 0 Å². The molecule has 3 aliphatic carbocycles. The molecule has 2 aliphatic heterocycles. The van der Waals surface area contributed by atoms with Crippen molar-refractivity contribution >= 4 is 95.0 Å². The molecule has 0 bridgehead atoms. The van der Waals surface area contributed by atoms with Crippen LogP contribution in [0.2, 0.25) is 0 Å². The van der Waals surface area contributed by atoms with Crippen LogP contribution in [0.4, 0.5) is 51.2 Å². The van der Waals surface area contributed by atoms with Gasteiger partial charge >= 0.3 is 0 Å². The molecule has 0 fully saturated rings. The van der Waals surface area contributed by atoms with Gasteiger partial charge in [0.2, 0.25) is 0 Å². The second kappa shape index (κ2) is 18.2. The van der Waals surface area contributed by atoms with E-state index < -0.39 is 0 Å². The van der Waals surface area contributed by atoms with E-state index >= 15 is 0 Å². The molecule has 0 N–H and O–H groups in total. The highest BCUT2D eigenvalue weighted by Gasteiger charge is 2.48. The van der Waals surface area contributed by atoms with Crippen LogP contribution in [-0.4, -0.2) is 6.71 Å². The molecule has 3 nitrogen and oxygen atoms in total. The molecular weight excluding hydrogens is 1030 g/mol. The summed E-state index contributed by atoms with van der Waals surface area (Å²) >= 11 is 2.03. The van der Waals surface area contributed by atoms with Crippen LogP contribution in [0.1, 0.15) is 155 Å². The van der Waals surface area contributed by atoms with E-state index in [1.807, 2.05) is 11.3 Å². The molecule has 3 heterocycles. The lowest BCUT2D eigenvalue weighted by Gasteiger charge is -2.45. The number of rotatable bonds is 6. The number of para-hydroxylation sites is 1. The highest BCUT2D eigenvalue weighted by Crippen LogP contribution is 2.57. The molecule has 418 valence electrons. The minimum Gasteiger partial charge on any atom is -0.311 e. The first-order valence-electron chi connectivity index (χ1n) is 31.0. The quantitative estimate of drug-likeness (QED) is 0.154. The van der Waals surface area contributed by atoms with E-state index in [1.54, 1.807) is 0 Å². The van der Waals surface area contributed by atoms with Crippen molar-refractivity contribution in [1.29, 1.82) is 0 Å². The highest BCUT2D eigenvalue weighted by atomic mass is 32.1.